The minimum absolute atomic E-state index is 0.0737. The monoisotopic (exact) mass is 470 g/mol. The molecule has 1 amide bonds. The highest BCUT2D eigenvalue weighted by Crippen LogP contribution is 2.15. The number of amides is 1. The summed E-state index contributed by atoms with van der Waals surface area (Å²) in [5, 5.41) is 11.5. The fourth-order valence-corrected chi connectivity index (χ4v) is 3.55. The van der Waals surface area contributed by atoms with Gasteiger partial charge in [0.1, 0.15) is 18.4 Å². The number of hydrogen-bond acceptors (Lipinski definition) is 5. The van der Waals surface area contributed by atoms with Gasteiger partial charge in [-0.2, -0.15) is 0 Å². The van der Waals surface area contributed by atoms with E-state index in [2.05, 4.69) is 41.4 Å². The van der Waals surface area contributed by atoms with Gasteiger partial charge in [-0.1, -0.05) is 36.1 Å². The van der Waals surface area contributed by atoms with Crippen molar-refractivity contribution < 1.29 is 19.4 Å². The summed E-state index contributed by atoms with van der Waals surface area (Å²) in [7, 11) is 1.68. The quantitative estimate of drug-likeness (QED) is 0.396. The fraction of sp³-hybridized carbons (Fsp3) is 0.241. The molecule has 0 fully saturated rings. The van der Waals surface area contributed by atoms with Gasteiger partial charge in [0.05, 0.1) is 7.11 Å². The maximum absolute atomic E-state index is 12.3. The predicted octanol–water partition coefficient (Wildman–Crippen LogP) is 2.89. The number of nitrogens with two attached hydrogens (primary N) is 1. The Hall–Kier alpha value is -3.92. The van der Waals surface area contributed by atoms with Crippen LogP contribution >= 0.6 is 0 Å². The van der Waals surface area contributed by atoms with Crippen LogP contribution in [0.25, 0.3) is 0 Å². The second-order valence-electron chi connectivity index (χ2n) is 8.12. The van der Waals surface area contributed by atoms with Gasteiger partial charge in [0.2, 0.25) is 0 Å². The van der Waals surface area contributed by atoms with Gasteiger partial charge in [0.25, 0.3) is 5.91 Å². The lowest BCUT2D eigenvalue weighted by atomic mass is 10.0. The standard InChI is InChI=1S/C29H30N2O4/c1-35-26-7-3-6-24(18-26)5-2-4-21-8-10-22(11-9-21)12-13-23-14-16-25(17-15-23)29(34)31-27(19-30)28(33)20-32/h3,6-11,14-18,27,32H,2,4-5,19-20,30H2,1H3,(H,31,34)/t27-/m0/s1. The first kappa shape index (κ1) is 25.7. The van der Waals surface area contributed by atoms with E-state index in [1.165, 1.54) is 11.1 Å². The Morgan fingerprint density at radius 2 is 1.57 bits per heavy atom. The zero-order chi connectivity index (χ0) is 25.0. The molecule has 6 heteroatoms. The number of rotatable bonds is 10. The summed E-state index contributed by atoms with van der Waals surface area (Å²) in [6.07, 6.45) is 3.04. The lowest BCUT2D eigenvalue weighted by Crippen LogP contribution is -2.46. The Morgan fingerprint density at radius 3 is 2.17 bits per heavy atom. The van der Waals surface area contributed by atoms with Gasteiger partial charge < -0.3 is 20.9 Å². The summed E-state index contributed by atoms with van der Waals surface area (Å²) < 4.78 is 5.28. The molecular weight excluding hydrogens is 440 g/mol. The number of Topliss-reactive ketones (excluding diaryl/α,β-unsaturated/α-hetero) is 1. The smallest absolute Gasteiger partial charge is 0.251 e. The zero-order valence-corrected chi connectivity index (χ0v) is 19.8. The van der Waals surface area contributed by atoms with Gasteiger partial charge >= 0.3 is 0 Å². The molecule has 0 saturated heterocycles. The van der Waals surface area contributed by atoms with Crippen LogP contribution in [0.2, 0.25) is 0 Å². The Labute approximate surface area is 206 Å². The van der Waals surface area contributed by atoms with Gasteiger partial charge in [-0.15, -0.1) is 0 Å². The molecule has 0 saturated carbocycles. The molecular formula is C29H30N2O4. The van der Waals surface area contributed by atoms with Crippen LogP contribution in [0.5, 0.6) is 5.75 Å². The van der Waals surface area contributed by atoms with E-state index in [0.29, 0.717) is 5.56 Å². The lowest BCUT2D eigenvalue weighted by Gasteiger charge is -2.14. The first-order valence-electron chi connectivity index (χ1n) is 11.5. The number of aryl methyl sites for hydroxylation is 2. The van der Waals surface area contributed by atoms with Crippen molar-refractivity contribution in [3.8, 4) is 17.6 Å². The summed E-state index contributed by atoms with van der Waals surface area (Å²) in [5.74, 6) is 6.18. The number of hydrogen-bond donors (Lipinski definition) is 3. The van der Waals surface area contributed by atoms with Crippen LogP contribution in [0.4, 0.5) is 0 Å². The first-order chi connectivity index (χ1) is 17.0. The first-order valence-corrected chi connectivity index (χ1v) is 11.5. The van der Waals surface area contributed by atoms with E-state index in [9.17, 15) is 9.59 Å². The zero-order valence-electron chi connectivity index (χ0n) is 19.8. The van der Waals surface area contributed by atoms with Crippen LogP contribution in [-0.2, 0) is 17.6 Å². The number of methoxy groups -OCH3 is 1. The number of benzene rings is 3. The van der Waals surface area contributed by atoms with E-state index in [-0.39, 0.29) is 6.54 Å². The fourth-order valence-electron chi connectivity index (χ4n) is 3.55. The summed E-state index contributed by atoms with van der Waals surface area (Å²) in [4.78, 5) is 23.9. The third-order valence-corrected chi connectivity index (χ3v) is 5.60. The van der Waals surface area contributed by atoms with Gasteiger partial charge in [0, 0.05) is 23.2 Å². The second-order valence-corrected chi connectivity index (χ2v) is 8.12. The molecule has 0 bridgehead atoms. The predicted molar refractivity (Wildman–Crippen MR) is 136 cm³/mol. The van der Waals surface area contributed by atoms with Crippen molar-refractivity contribution in [3.05, 3.63) is 101 Å². The summed E-state index contributed by atoms with van der Waals surface area (Å²) >= 11 is 0. The summed E-state index contributed by atoms with van der Waals surface area (Å²) in [5.41, 5.74) is 10.1. The van der Waals surface area contributed by atoms with Gasteiger partial charge in [-0.05, 0) is 78.9 Å². The normalized spacial score (nSPS) is 11.2. The van der Waals surface area contributed by atoms with Crippen LogP contribution in [-0.4, -0.2) is 43.1 Å². The average molecular weight is 471 g/mol. The van der Waals surface area contributed by atoms with Crippen LogP contribution < -0.4 is 15.8 Å². The number of carbonyl (C=O) groups is 2. The lowest BCUT2D eigenvalue weighted by molar-refractivity contribution is -0.123. The summed E-state index contributed by atoms with van der Waals surface area (Å²) in [6.45, 7) is -0.739. The maximum atomic E-state index is 12.3. The minimum Gasteiger partial charge on any atom is -0.497 e. The molecule has 35 heavy (non-hydrogen) atoms. The third-order valence-electron chi connectivity index (χ3n) is 5.60. The number of aliphatic hydroxyl groups is 1. The molecule has 0 unspecified atom stereocenters. The van der Waals surface area contributed by atoms with Gasteiger partial charge in [-0.25, -0.2) is 0 Å². The highest BCUT2D eigenvalue weighted by atomic mass is 16.5. The van der Waals surface area contributed by atoms with E-state index < -0.39 is 24.3 Å². The molecule has 4 N–H and O–H groups in total. The van der Waals surface area contributed by atoms with Crippen molar-refractivity contribution in [3.63, 3.8) is 0 Å². The van der Waals surface area contributed by atoms with Crippen molar-refractivity contribution in [1.29, 1.82) is 0 Å². The Kier molecular flexibility index (Phi) is 9.61. The summed E-state index contributed by atoms with van der Waals surface area (Å²) in [6, 6.07) is 22.3. The van der Waals surface area contributed by atoms with E-state index in [1.807, 2.05) is 24.3 Å². The van der Waals surface area contributed by atoms with Gasteiger partial charge in [-0.3, -0.25) is 9.59 Å². The molecule has 0 aliphatic carbocycles. The molecule has 180 valence electrons. The van der Waals surface area contributed by atoms with Crippen molar-refractivity contribution in [1.82, 2.24) is 5.32 Å². The van der Waals surface area contributed by atoms with Crippen molar-refractivity contribution in [2.75, 3.05) is 20.3 Å². The maximum Gasteiger partial charge on any atom is 0.251 e. The molecule has 3 aromatic rings. The van der Waals surface area contributed by atoms with Crippen molar-refractivity contribution >= 4 is 11.7 Å². The molecule has 1 atom stereocenters. The van der Waals surface area contributed by atoms with E-state index >= 15 is 0 Å². The molecule has 3 rings (SSSR count). The highest BCUT2D eigenvalue weighted by Gasteiger charge is 2.18. The van der Waals surface area contributed by atoms with Crippen molar-refractivity contribution in [2.24, 2.45) is 5.73 Å². The number of ether oxygens (including phenoxy) is 1. The number of aliphatic hydroxyl groups excluding tert-OH is 1. The van der Waals surface area contributed by atoms with Crippen molar-refractivity contribution in [2.45, 2.75) is 25.3 Å². The molecule has 0 radical (unpaired) electrons. The second kappa shape index (κ2) is 13.1. The molecule has 0 aliphatic heterocycles. The molecule has 0 aromatic heterocycles. The van der Waals surface area contributed by atoms with E-state index in [4.69, 9.17) is 15.6 Å². The average Bonchev–Trinajstić information content (AvgIpc) is 2.91. The Bertz CT molecular complexity index is 1190. The Morgan fingerprint density at radius 1 is 0.943 bits per heavy atom. The molecule has 0 aliphatic rings. The van der Waals surface area contributed by atoms with Crippen LogP contribution in [0.3, 0.4) is 0 Å². The number of carbonyl (C=O) groups excluding carboxylic acids is 2. The topological polar surface area (TPSA) is 102 Å². The van der Waals surface area contributed by atoms with Crippen LogP contribution in [0, 0.1) is 11.8 Å². The van der Waals surface area contributed by atoms with Crippen LogP contribution in [0.1, 0.15) is 39.0 Å². The van der Waals surface area contributed by atoms with Gasteiger partial charge in [0.15, 0.2) is 5.78 Å². The molecule has 6 nitrogen and oxygen atoms in total. The highest BCUT2D eigenvalue weighted by molar-refractivity contribution is 5.98. The third kappa shape index (κ3) is 7.82. The molecule has 0 spiro atoms. The minimum atomic E-state index is -0.906. The van der Waals surface area contributed by atoms with E-state index in [1.54, 1.807) is 31.4 Å². The van der Waals surface area contributed by atoms with Crippen LogP contribution in [0.15, 0.2) is 72.8 Å². The molecule has 3 aromatic carbocycles. The number of nitrogens with one attached hydrogen (secondary N) is 1. The molecule has 0 heterocycles. The number of ketones is 1. The Balaban J connectivity index is 1.52. The SMILES string of the molecule is COc1cccc(CCCc2ccc(C#Cc3ccc(C(=O)N[C@@H](CN)C(=O)CO)cc3)cc2)c1. The largest absolute Gasteiger partial charge is 0.497 e. The van der Waals surface area contributed by atoms with E-state index in [0.717, 1.165) is 36.1 Å².